The maximum absolute atomic E-state index is 12.2. The summed E-state index contributed by atoms with van der Waals surface area (Å²) in [5.74, 6) is 1.33. The summed E-state index contributed by atoms with van der Waals surface area (Å²) in [6.45, 7) is 13.7. The van der Waals surface area contributed by atoms with Crippen molar-refractivity contribution in [2.24, 2.45) is 5.92 Å². The number of carbonyl (C=O) groups excluding carboxylic acids is 1. The first-order chi connectivity index (χ1) is 10.6. The lowest BCUT2D eigenvalue weighted by atomic mass is 9.95. The lowest BCUT2D eigenvalue weighted by Crippen LogP contribution is -2.50. The van der Waals surface area contributed by atoms with Crippen LogP contribution in [0, 0.1) is 12.8 Å². The van der Waals surface area contributed by atoms with Crippen LogP contribution in [0.15, 0.2) is 12.4 Å². The normalized spacial score (nSPS) is 23.5. The Morgan fingerprint density at radius 3 is 2.70 bits per heavy atom. The highest BCUT2D eigenvalue weighted by atomic mass is 16.5. The van der Waals surface area contributed by atoms with E-state index in [0.29, 0.717) is 12.5 Å². The minimum absolute atomic E-state index is 0.0173. The Kier molecular flexibility index (Phi) is 5.04. The van der Waals surface area contributed by atoms with Gasteiger partial charge in [-0.15, -0.1) is 0 Å². The van der Waals surface area contributed by atoms with Crippen LogP contribution in [0.25, 0.3) is 0 Å². The van der Waals surface area contributed by atoms with E-state index in [1.54, 1.807) is 6.20 Å². The highest BCUT2D eigenvalue weighted by Gasteiger charge is 2.46. The van der Waals surface area contributed by atoms with Gasteiger partial charge in [0.1, 0.15) is 5.82 Å². The molecule has 2 heterocycles. The maximum Gasteiger partial charge on any atom is 0.315 e. The first kappa shape index (κ1) is 17.8. The number of nitrogens with one attached hydrogen (secondary N) is 2. The van der Waals surface area contributed by atoms with Gasteiger partial charge in [0, 0.05) is 25.5 Å². The largest absolute Gasteiger partial charge is 0.367 e. The van der Waals surface area contributed by atoms with Gasteiger partial charge >= 0.3 is 6.03 Å². The van der Waals surface area contributed by atoms with Crippen LogP contribution in [0.1, 0.15) is 46.9 Å². The van der Waals surface area contributed by atoms with Crippen LogP contribution in [0.4, 0.5) is 4.79 Å². The number of aromatic nitrogens is 2. The molecule has 1 aliphatic rings. The molecule has 0 radical (unpaired) electrons. The number of imidazole rings is 1. The molecule has 1 aromatic heterocycles. The molecular formula is C17H30N4O2. The average molecular weight is 322 g/mol. The number of ether oxygens (including phenoxy) is 1. The van der Waals surface area contributed by atoms with Gasteiger partial charge in [0.2, 0.25) is 0 Å². The molecule has 23 heavy (non-hydrogen) atoms. The van der Waals surface area contributed by atoms with E-state index >= 15 is 0 Å². The van der Waals surface area contributed by atoms with Crippen LogP contribution in [0.5, 0.6) is 0 Å². The van der Waals surface area contributed by atoms with Crippen molar-refractivity contribution in [2.75, 3.05) is 6.54 Å². The predicted octanol–water partition coefficient (Wildman–Crippen LogP) is 2.47. The summed E-state index contributed by atoms with van der Waals surface area (Å²) in [5, 5.41) is 6.02. The number of amides is 2. The number of hydrogen-bond acceptors (Lipinski definition) is 3. The summed E-state index contributed by atoms with van der Waals surface area (Å²) in [6.07, 6.45) is 4.58. The number of aryl methyl sites for hydroxylation is 1. The summed E-state index contributed by atoms with van der Waals surface area (Å²) in [6, 6.07) is -0.109. The molecular weight excluding hydrogens is 292 g/mol. The van der Waals surface area contributed by atoms with Crippen LogP contribution in [0.2, 0.25) is 0 Å². The summed E-state index contributed by atoms with van der Waals surface area (Å²) >= 11 is 0. The molecule has 0 unspecified atom stereocenters. The fraction of sp³-hybridized carbons (Fsp3) is 0.765. The molecule has 2 atom stereocenters. The molecule has 1 fully saturated rings. The van der Waals surface area contributed by atoms with E-state index in [1.807, 2.05) is 27.0 Å². The van der Waals surface area contributed by atoms with E-state index in [9.17, 15) is 4.79 Å². The molecule has 0 saturated carbocycles. The third-order valence-corrected chi connectivity index (χ3v) is 4.42. The Bertz CT molecular complexity index is 551. The van der Waals surface area contributed by atoms with Gasteiger partial charge < -0.3 is 19.9 Å². The number of urea groups is 1. The molecule has 0 aliphatic carbocycles. The van der Waals surface area contributed by atoms with Crippen molar-refractivity contribution in [2.45, 2.75) is 71.8 Å². The van der Waals surface area contributed by atoms with Gasteiger partial charge in [0.05, 0.1) is 17.2 Å². The van der Waals surface area contributed by atoms with E-state index in [-0.39, 0.29) is 23.3 Å². The van der Waals surface area contributed by atoms with Gasteiger partial charge in [0.25, 0.3) is 0 Å². The lowest BCUT2D eigenvalue weighted by Gasteiger charge is -2.28. The Hall–Kier alpha value is -1.56. The number of rotatable bonds is 5. The number of nitrogens with zero attached hydrogens (tertiary/aromatic N) is 2. The van der Waals surface area contributed by atoms with Gasteiger partial charge in [0.15, 0.2) is 0 Å². The zero-order chi connectivity index (χ0) is 17.3. The molecule has 1 saturated heterocycles. The molecule has 2 rings (SSSR count). The van der Waals surface area contributed by atoms with Crippen molar-refractivity contribution >= 4 is 6.03 Å². The van der Waals surface area contributed by atoms with E-state index < -0.39 is 0 Å². The molecule has 6 heteroatoms. The lowest BCUT2D eigenvalue weighted by molar-refractivity contribution is -0.0690. The average Bonchev–Trinajstić information content (AvgIpc) is 2.88. The van der Waals surface area contributed by atoms with Crippen molar-refractivity contribution in [1.82, 2.24) is 20.2 Å². The minimum Gasteiger partial charge on any atom is -0.367 e. The second kappa shape index (κ2) is 6.51. The molecule has 1 aromatic rings. The summed E-state index contributed by atoms with van der Waals surface area (Å²) in [5.41, 5.74) is -0.548. The molecule has 130 valence electrons. The fourth-order valence-electron chi connectivity index (χ4n) is 3.26. The van der Waals surface area contributed by atoms with Crippen molar-refractivity contribution in [3.05, 3.63) is 18.2 Å². The standard InChI is InChI=1S/C17H30N4O2/c1-12(11-21-8-7-18-13(21)2)10-19-15(22)20-14-9-16(3,4)23-17(14,5)6/h7-8,12,14H,9-11H2,1-6H3,(H2,19,20,22)/t12-,14+/m0/s1. The monoisotopic (exact) mass is 322 g/mol. The van der Waals surface area contributed by atoms with Crippen molar-refractivity contribution < 1.29 is 9.53 Å². The van der Waals surface area contributed by atoms with Gasteiger partial charge in [-0.1, -0.05) is 6.92 Å². The van der Waals surface area contributed by atoms with Gasteiger partial charge in [-0.05, 0) is 47.0 Å². The molecule has 0 bridgehead atoms. The highest BCUT2D eigenvalue weighted by Crippen LogP contribution is 2.37. The molecule has 0 spiro atoms. The van der Waals surface area contributed by atoms with Crippen LogP contribution >= 0.6 is 0 Å². The second-order valence-electron chi connectivity index (χ2n) is 7.81. The smallest absolute Gasteiger partial charge is 0.315 e. The molecule has 2 amide bonds. The Morgan fingerprint density at radius 2 is 2.17 bits per heavy atom. The third-order valence-electron chi connectivity index (χ3n) is 4.42. The third kappa shape index (κ3) is 4.70. The quantitative estimate of drug-likeness (QED) is 0.875. The van der Waals surface area contributed by atoms with Gasteiger partial charge in [-0.25, -0.2) is 9.78 Å². The first-order valence-corrected chi connectivity index (χ1v) is 8.31. The van der Waals surface area contributed by atoms with Crippen molar-refractivity contribution in [1.29, 1.82) is 0 Å². The summed E-state index contributed by atoms with van der Waals surface area (Å²) in [7, 11) is 0. The predicted molar refractivity (Wildman–Crippen MR) is 90.3 cm³/mol. The van der Waals surface area contributed by atoms with E-state index in [0.717, 1.165) is 18.8 Å². The molecule has 2 N–H and O–H groups in total. The van der Waals surface area contributed by atoms with E-state index in [2.05, 4.69) is 41.0 Å². The zero-order valence-electron chi connectivity index (χ0n) is 15.1. The van der Waals surface area contributed by atoms with Crippen molar-refractivity contribution in [3.63, 3.8) is 0 Å². The van der Waals surface area contributed by atoms with Crippen LogP contribution in [-0.2, 0) is 11.3 Å². The van der Waals surface area contributed by atoms with Crippen molar-refractivity contribution in [3.8, 4) is 0 Å². The first-order valence-electron chi connectivity index (χ1n) is 8.31. The Morgan fingerprint density at radius 1 is 1.48 bits per heavy atom. The SMILES string of the molecule is Cc1nccn1C[C@@H](C)CNC(=O)N[C@@H]1CC(C)(C)OC1(C)C. The Balaban J connectivity index is 1.78. The highest BCUT2D eigenvalue weighted by molar-refractivity contribution is 5.74. The fourth-order valence-corrected chi connectivity index (χ4v) is 3.26. The topological polar surface area (TPSA) is 68.2 Å². The second-order valence-corrected chi connectivity index (χ2v) is 7.81. The zero-order valence-corrected chi connectivity index (χ0v) is 15.1. The molecule has 6 nitrogen and oxygen atoms in total. The summed E-state index contributed by atoms with van der Waals surface area (Å²) in [4.78, 5) is 16.4. The van der Waals surface area contributed by atoms with Crippen LogP contribution < -0.4 is 10.6 Å². The molecule has 1 aliphatic heterocycles. The minimum atomic E-state index is -0.347. The van der Waals surface area contributed by atoms with E-state index in [4.69, 9.17) is 4.74 Å². The van der Waals surface area contributed by atoms with Gasteiger partial charge in [-0.2, -0.15) is 0 Å². The van der Waals surface area contributed by atoms with Crippen LogP contribution in [-0.4, -0.2) is 39.4 Å². The van der Waals surface area contributed by atoms with Gasteiger partial charge in [-0.3, -0.25) is 0 Å². The number of hydrogen-bond donors (Lipinski definition) is 2. The van der Waals surface area contributed by atoms with E-state index in [1.165, 1.54) is 0 Å². The number of carbonyl (C=O) groups is 1. The maximum atomic E-state index is 12.2. The van der Waals surface area contributed by atoms with Crippen LogP contribution in [0.3, 0.4) is 0 Å². The molecule has 0 aromatic carbocycles. The Labute approximate surface area is 139 Å². The summed E-state index contributed by atoms with van der Waals surface area (Å²) < 4.78 is 8.10.